The lowest BCUT2D eigenvalue weighted by molar-refractivity contribution is -0.874. The van der Waals surface area contributed by atoms with E-state index in [1.54, 1.807) is 0 Å². The molecule has 0 fully saturated rings. The number of aryl methyl sites for hydroxylation is 1. The fraction of sp³-hybridized carbons (Fsp3) is 0.647. The van der Waals surface area contributed by atoms with Crippen LogP contribution in [0.3, 0.4) is 0 Å². The summed E-state index contributed by atoms with van der Waals surface area (Å²) in [6.45, 7) is 10.9. The molecule has 0 atom stereocenters. The average Bonchev–Trinajstić information content (AvgIpc) is 2.38. The third kappa shape index (κ3) is 6.40. The van der Waals surface area contributed by atoms with Crippen molar-refractivity contribution in [1.29, 1.82) is 0 Å². The number of benzene rings is 1. The molecule has 0 aromatic heterocycles. The Morgan fingerprint density at radius 2 is 1.95 bits per heavy atom. The van der Waals surface area contributed by atoms with E-state index in [0.29, 0.717) is 5.92 Å². The van der Waals surface area contributed by atoms with Gasteiger partial charge in [0.2, 0.25) is 0 Å². The maximum absolute atomic E-state index is 5.93. The molecule has 3 N–H and O–H groups in total. The van der Waals surface area contributed by atoms with Crippen molar-refractivity contribution < 1.29 is 15.0 Å². The quantitative estimate of drug-likeness (QED) is 0.638. The highest BCUT2D eigenvalue weighted by molar-refractivity contribution is 5.37. The van der Waals surface area contributed by atoms with Crippen LogP contribution in [0, 0.1) is 6.92 Å². The largest absolute Gasteiger partial charge is 0.493 e. The van der Waals surface area contributed by atoms with Crippen LogP contribution in [-0.4, -0.2) is 40.3 Å². The molecule has 3 nitrogen and oxygen atoms in total. The summed E-state index contributed by atoms with van der Waals surface area (Å²) in [5.41, 5.74) is 2.58. The molecular formula is C17H32N2O+2. The second kappa shape index (κ2) is 8.98. The Morgan fingerprint density at radius 1 is 1.20 bits per heavy atom. The first-order valence-electron chi connectivity index (χ1n) is 7.84. The third-order valence-corrected chi connectivity index (χ3v) is 3.54. The lowest BCUT2D eigenvalue weighted by atomic mass is 10.0. The summed E-state index contributed by atoms with van der Waals surface area (Å²) in [7, 11) is 4.39. The summed E-state index contributed by atoms with van der Waals surface area (Å²) in [5, 5.41) is 2.38. The number of likely N-dealkylation sites (N-methyl/N-ethyl adjacent to an activating group) is 1. The lowest BCUT2D eigenvalue weighted by Crippen LogP contribution is -3.09. The van der Waals surface area contributed by atoms with Gasteiger partial charge in [0.25, 0.3) is 0 Å². The van der Waals surface area contributed by atoms with Gasteiger partial charge in [0.15, 0.2) is 0 Å². The SMILES string of the molecule is Cc1ccc(C(C)C)cc1OCCC[NH2+]CC[NH+](C)C. The zero-order valence-electron chi connectivity index (χ0n) is 13.8. The van der Waals surface area contributed by atoms with E-state index >= 15 is 0 Å². The van der Waals surface area contributed by atoms with E-state index in [0.717, 1.165) is 25.3 Å². The second-order valence-corrected chi connectivity index (χ2v) is 6.20. The highest BCUT2D eigenvalue weighted by atomic mass is 16.5. The predicted molar refractivity (Wildman–Crippen MR) is 84.7 cm³/mol. The van der Waals surface area contributed by atoms with Crippen LogP contribution in [0.1, 0.15) is 37.3 Å². The Balaban J connectivity index is 2.26. The molecule has 1 aromatic carbocycles. The zero-order valence-corrected chi connectivity index (χ0v) is 13.8. The van der Waals surface area contributed by atoms with Gasteiger partial charge in [-0.15, -0.1) is 0 Å². The molecule has 0 amide bonds. The minimum atomic E-state index is 0.555. The molecule has 1 aromatic rings. The molecule has 0 aliphatic rings. The van der Waals surface area contributed by atoms with Gasteiger partial charge in [-0.1, -0.05) is 26.0 Å². The monoisotopic (exact) mass is 280 g/mol. The van der Waals surface area contributed by atoms with Crippen molar-refractivity contribution in [3.63, 3.8) is 0 Å². The van der Waals surface area contributed by atoms with Crippen molar-refractivity contribution in [2.24, 2.45) is 0 Å². The molecule has 1 rings (SSSR count). The summed E-state index contributed by atoms with van der Waals surface area (Å²) in [6.07, 6.45) is 1.11. The fourth-order valence-corrected chi connectivity index (χ4v) is 2.08. The van der Waals surface area contributed by atoms with Gasteiger partial charge in [-0.2, -0.15) is 0 Å². The third-order valence-electron chi connectivity index (χ3n) is 3.54. The van der Waals surface area contributed by atoms with E-state index in [1.165, 1.54) is 29.1 Å². The topological polar surface area (TPSA) is 30.3 Å². The maximum atomic E-state index is 5.93. The van der Waals surface area contributed by atoms with E-state index in [9.17, 15) is 0 Å². The Labute approximate surface area is 124 Å². The van der Waals surface area contributed by atoms with E-state index in [1.807, 2.05) is 0 Å². The first-order valence-corrected chi connectivity index (χ1v) is 7.84. The average molecular weight is 280 g/mol. The number of nitrogens with two attached hydrogens (primary N) is 1. The molecule has 0 bridgehead atoms. The van der Waals surface area contributed by atoms with Crippen molar-refractivity contribution in [1.82, 2.24) is 0 Å². The van der Waals surface area contributed by atoms with Crippen LogP contribution in [0.25, 0.3) is 0 Å². The van der Waals surface area contributed by atoms with Gasteiger partial charge in [-0.25, -0.2) is 0 Å². The van der Waals surface area contributed by atoms with Gasteiger partial charge in [0.05, 0.1) is 27.2 Å². The molecule has 114 valence electrons. The molecule has 0 aliphatic carbocycles. The van der Waals surface area contributed by atoms with Crippen LogP contribution in [0.2, 0.25) is 0 Å². The molecule has 3 heteroatoms. The van der Waals surface area contributed by atoms with E-state index in [4.69, 9.17) is 4.74 Å². The first-order chi connectivity index (χ1) is 9.50. The van der Waals surface area contributed by atoms with Gasteiger partial charge in [-0.05, 0) is 30.0 Å². The van der Waals surface area contributed by atoms with E-state index < -0.39 is 0 Å². The van der Waals surface area contributed by atoms with Crippen LogP contribution in [0.4, 0.5) is 0 Å². The molecule has 0 aliphatic heterocycles. The highest BCUT2D eigenvalue weighted by Crippen LogP contribution is 2.24. The summed E-state index contributed by atoms with van der Waals surface area (Å²) in [6, 6.07) is 6.56. The minimum absolute atomic E-state index is 0.555. The van der Waals surface area contributed by atoms with Gasteiger partial charge in [-0.3, -0.25) is 0 Å². The molecule has 0 saturated heterocycles. The number of ether oxygens (including phenoxy) is 1. The van der Waals surface area contributed by atoms with E-state index in [-0.39, 0.29) is 0 Å². The molecule has 0 unspecified atom stereocenters. The molecule has 0 heterocycles. The van der Waals surface area contributed by atoms with Crippen LogP contribution in [0.5, 0.6) is 5.75 Å². The van der Waals surface area contributed by atoms with Crippen molar-refractivity contribution in [2.75, 3.05) is 40.3 Å². The predicted octanol–water partition coefficient (Wildman–Crippen LogP) is 0.595. The molecule has 0 saturated carbocycles. The number of rotatable bonds is 9. The van der Waals surface area contributed by atoms with Crippen LogP contribution < -0.4 is 15.0 Å². The van der Waals surface area contributed by atoms with Crippen molar-refractivity contribution >= 4 is 0 Å². The van der Waals surface area contributed by atoms with Crippen LogP contribution in [-0.2, 0) is 0 Å². The number of nitrogens with one attached hydrogen (secondary N) is 1. The molecule has 20 heavy (non-hydrogen) atoms. The Kier molecular flexibility index (Phi) is 7.63. The number of hydrogen-bond donors (Lipinski definition) is 2. The van der Waals surface area contributed by atoms with Crippen molar-refractivity contribution in [3.05, 3.63) is 29.3 Å². The molecule has 0 radical (unpaired) electrons. The Hall–Kier alpha value is -1.06. The maximum Gasteiger partial charge on any atom is 0.126 e. The summed E-state index contributed by atoms with van der Waals surface area (Å²) in [5.74, 6) is 1.61. The lowest BCUT2D eigenvalue weighted by Gasteiger charge is -2.12. The van der Waals surface area contributed by atoms with Crippen LogP contribution in [0.15, 0.2) is 18.2 Å². The number of hydrogen-bond acceptors (Lipinski definition) is 1. The van der Waals surface area contributed by atoms with Crippen molar-refractivity contribution in [3.8, 4) is 5.75 Å². The normalized spacial score (nSPS) is 11.3. The Bertz CT molecular complexity index is 389. The standard InChI is InChI=1S/C17H30N2O/c1-14(2)16-8-7-15(3)17(13-16)20-12-6-9-18-10-11-19(4)5/h7-8,13-14,18H,6,9-12H2,1-5H3/p+2. The second-order valence-electron chi connectivity index (χ2n) is 6.20. The Morgan fingerprint density at radius 3 is 2.60 bits per heavy atom. The summed E-state index contributed by atoms with van der Waals surface area (Å²) in [4.78, 5) is 1.51. The smallest absolute Gasteiger partial charge is 0.126 e. The van der Waals surface area contributed by atoms with Crippen molar-refractivity contribution in [2.45, 2.75) is 33.1 Å². The highest BCUT2D eigenvalue weighted by Gasteiger charge is 2.05. The van der Waals surface area contributed by atoms with E-state index in [2.05, 4.69) is 58.4 Å². The fourth-order valence-electron chi connectivity index (χ4n) is 2.08. The van der Waals surface area contributed by atoms with Gasteiger partial charge >= 0.3 is 0 Å². The van der Waals surface area contributed by atoms with Crippen LogP contribution >= 0.6 is 0 Å². The van der Waals surface area contributed by atoms with Gasteiger partial charge < -0.3 is 15.0 Å². The summed E-state index contributed by atoms with van der Waals surface area (Å²) < 4.78 is 5.93. The zero-order chi connectivity index (χ0) is 15.0. The molecular weight excluding hydrogens is 248 g/mol. The molecule has 0 spiro atoms. The summed E-state index contributed by atoms with van der Waals surface area (Å²) >= 11 is 0. The minimum Gasteiger partial charge on any atom is -0.493 e. The number of quaternary nitrogens is 2. The first kappa shape index (κ1) is 17.0. The van der Waals surface area contributed by atoms with Gasteiger partial charge in [0.1, 0.15) is 18.8 Å². The van der Waals surface area contributed by atoms with Gasteiger partial charge in [0, 0.05) is 6.42 Å².